The Kier molecular flexibility index (Phi) is 4.45. The number of hydrogen-bond donors (Lipinski definition) is 0. The van der Waals surface area contributed by atoms with Crippen LogP contribution in [0.2, 0.25) is 0 Å². The van der Waals surface area contributed by atoms with E-state index in [1.54, 1.807) is 38.1 Å². The molecule has 24 heavy (non-hydrogen) atoms. The van der Waals surface area contributed by atoms with Crippen LogP contribution in [0.15, 0.2) is 53.4 Å². The molecule has 126 valence electrons. The second-order valence-corrected chi connectivity index (χ2v) is 8.84. The molecule has 1 amide bonds. The fourth-order valence-corrected chi connectivity index (χ4v) is 4.00. The van der Waals surface area contributed by atoms with Crippen molar-refractivity contribution in [3.63, 3.8) is 0 Å². The number of carbonyl (C=O) groups is 1. The number of rotatable bonds is 4. The van der Waals surface area contributed by atoms with Crippen molar-refractivity contribution < 1.29 is 13.2 Å². The van der Waals surface area contributed by atoms with Gasteiger partial charge in [-0.15, -0.1) is 0 Å². The number of fused-ring (bicyclic) bond motifs is 1. The van der Waals surface area contributed by atoms with E-state index in [2.05, 4.69) is 0 Å². The lowest BCUT2D eigenvalue weighted by Gasteiger charge is -2.17. The van der Waals surface area contributed by atoms with Gasteiger partial charge in [0.2, 0.25) is 5.91 Å². The second kappa shape index (κ2) is 6.40. The van der Waals surface area contributed by atoms with Gasteiger partial charge in [-0.1, -0.05) is 30.3 Å². The second-order valence-electron chi connectivity index (χ2n) is 6.34. The molecule has 1 aliphatic heterocycles. The first-order valence-electron chi connectivity index (χ1n) is 8.10. The first-order chi connectivity index (χ1) is 11.4. The first kappa shape index (κ1) is 16.7. The van der Waals surface area contributed by atoms with Crippen molar-refractivity contribution >= 4 is 21.4 Å². The molecule has 2 aromatic carbocycles. The Morgan fingerprint density at radius 1 is 1.08 bits per heavy atom. The van der Waals surface area contributed by atoms with Crippen molar-refractivity contribution in [2.24, 2.45) is 0 Å². The SMILES string of the molecule is CC(C)S(=O)(=O)c1ccc(CC(=O)N2CCc3ccccc32)cc1. The standard InChI is InChI=1S/C19H21NO3S/c1-14(2)24(22,23)17-9-7-15(8-10-17)13-19(21)20-12-11-16-5-3-4-6-18(16)20/h3-10,14H,11-13H2,1-2H3. The third-order valence-corrected chi connectivity index (χ3v) is 6.59. The third-order valence-electron chi connectivity index (χ3n) is 4.42. The zero-order valence-corrected chi connectivity index (χ0v) is 14.7. The molecule has 1 heterocycles. The van der Waals surface area contributed by atoms with Crippen LogP contribution in [-0.4, -0.2) is 26.1 Å². The molecule has 2 aromatic rings. The average Bonchev–Trinajstić information content (AvgIpc) is 2.99. The van der Waals surface area contributed by atoms with E-state index in [1.807, 2.05) is 29.2 Å². The minimum Gasteiger partial charge on any atom is -0.312 e. The lowest BCUT2D eigenvalue weighted by molar-refractivity contribution is -0.117. The molecule has 0 radical (unpaired) electrons. The number of nitrogens with zero attached hydrogens (tertiary/aromatic N) is 1. The van der Waals surface area contributed by atoms with Crippen molar-refractivity contribution in [2.75, 3.05) is 11.4 Å². The Bertz CT molecular complexity index is 854. The molecule has 0 saturated heterocycles. The van der Waals surface area contributed by atoms with Gasteiger partial charge in [-0.05, 0) is 49.6 Å². The third kappa shape index (κ3) is 3.08. The van der Waals surface area contributed by atoms with E-state index in [-0.39, 0.29) is 12.3 Å². The largest absolute Gasteiger partial charge is 0.312 e. The molecule has 0 fully saturated rings. The molecular formula is C19H21NO3S. The number of carbonyl (C=O) groups excluding carboxylic acids is 1. The summed E-state index contributed by atoms with van der Waals surface area (Å²) in [7, 11) is -3.27. The van der Waals surface area contributed by atoms with Crippen LogP contribution in [0.1, 0.15) is 25.0 Å². The fourth-order valence-electron chi connectivity index (χ4n) is 2.94. The Labute approximate surface area is 143 Å². The van der Waals surface area contributed by atoms with E-state index < -0.39 is 15.1 Å². The summed E-state index contributed by atoms with van der Waals surface area (Å²) in [6.45, 7) is 4.03. The van der Waals surface area contributed by atoms with Gasteiger partial charge in [0.05, 0.1) is 16.6 Å². The van der Waals surface area contributed by atoms with Crippen LogP contribution in [0.3, 0.4) is 0 Å². The molecule has 1 aliphatic rings. The van der Waals surface area contributed by atoms with Crippen LogP contribution in [0.25, 0.3) is 0 Å². The lowest BCUT2D eigenvalue weighted by Crippen LogP contribution is -2.30. The normalized spacial score (nSPS) is 14.0. The minimum absolute atomic E-state index is 0.0411. The molecule has 0 spiro atoms. The number of anilines is 1. The summed E-state index contributed by atoms with van der Waals surface area (Å²) in [5.74, 6) is 0.0411. The quantitative estimate of drug-likeness (QED) is 0.857. The summed E-state index contributed by atoms with van der Waals surface area (Å²) in [6.07, 6.45) is 1.16. The highest BCUT2D eigenvalue weighted by Gasteiger charge is 2.24. The van der Waals surface area contributed by atoms with E-state index in [1.165, 1.54) is 5.56 Å². The van der Waals surface area contributed by atoms with Gasteiger partial charge in [-0.3, -0.25) is 4.79 Å². The minimum atomic E-state index is -3.27. The van der Waals surface area contributed by atoms with Gasteiger partial charge in [-0.2, -0.15) is 0 Å². The van der Waals surface area contributed by atoms with E-state index in [0.29, 0.717) is 11.4 Å². The van der Waals surface area contributed by atoms with Crippen molar-refractivity contribution in [3.05, 3.63) is 59.7 Å². The van der Waals surface area contributed by atoms with Crippen molar-refractivity contribution in [2.45, 2.75) is 36.8 Å². The first-order valence-corrected chi connectivity index (χ1v) is 9.65. The molecule has 4 nitrogen and oxygen atoms in total. The molecule has 0 aliphatic carbocycles. The molecule has 3 rings (SSSR count). The van der Waals surface area contributed by atoms with Gasteiger partial charge in [0.1, 0.15) is 0 Å². The van der Waals surface area contributed by atoms with E-state index >= 15 is 0 Å². The number of amides is 1. The highest BCUT2D eigenvalue weighted by Crippen LogP contribution is 2.28. The van der Waals surface area contributed by atoms with Crippen LogP contribution in [0.4, 0.5) is 5.69 Å². The smallest absolute Gasteiger partial charge is 0.231 e. The summed E-state index contributed by atoms with van der Waals surface area (Å²) < 4.78 is 24.3. The van der Waals surface area contributed by atoms with Crippen LogP contribution >= 0.6 is 0 Å². The summed E-state index contributed by atoms with van der Waals surface area (Å²) in [5, 5.41) is -0.453. The Hall–Kier alpha value is -2.14. The van der Waals surface area contributed by atoms with Crippen LogP contribution in [0.5, 0.6) is 0 Å². The molecule has 0 saturated carbocycles. The summed E-state index contributed by atoms with van der Waals surface area (Å²) in [6, 6.07) is 14.6. The predicted molar refractivity (Wildman–Crippen MR) is 95.0 cm³/mol. The molecule has 0 aromatic heterocycles. The molecule has 0 unspecified atom stereocenters. The van der Waals surface area contributed by atoms with Gasteiger partial charge >= 0.3 is 0 Å². The molecular weight excluding hydrogens is 322 g/mol. The predicted octanol–water partition coefficient (Wildman–Crippen LogP) is 3.00. The van der Waals surface area contributed by atoms with Crippen molar-refractivity contribution in [3.8, 4) is 0 Å². The molecule has 5 heteroatoms. The Morgan fingerprint density at radius 3 is 2.42 bits per heavy atom. The average molecular weight is 343 g/mol. The highest BCUT2D eigenvalue weighted by molar-refractivity contribution is 7.92. The molecule has 0 bridgehead atoms. The molecule has 0 atom stereocenters. The lowest BCUT2D eigenvalue weighted by atomic mass is 10.1. The van der Waals surface area contributed by atoms with Gasteiger partial charge in [0, 0.05) is 12.2 Å². The highest BCUT2D eigenvalue weighted by atomic mass is 32.2. The summed E-state index contributed by atoms with van der Waals surface area (Å²) in [5.41, 5.74) is 3.01. The maximum atomic E-state index is 12.6. The van der Waals surface area contributed by atoms with Crippen LogP contribution in [0, 0.1) is 0 Å². The number of hydrogen-bond acceptors (Lipinski definition) is 3. The zero-order chi connectivity index (χ0) is 17.3. The summed E-state index contributed by atoms with van der Waals surface area (Å²) >= 11 is 0. The maximum Gasteiger partial charge on any atom is 0.231 e. The number of benzene rings is 2. The fraction of sp³-hybridized carbons (Fsp3) is 0.316. The van der Waals surface area contributed by atoms with E-state index in [0.717, 1.165) is 17.7 Å². The van der Waals surface area contributed by atoms with Crippen molar-refractivity contribution in [1.82, 2.24) is 0 Å². The van der Waals surface area contributed by atoms with E-state index in [4.69, 9.17) is 0 Å². The molecule has 0 N–H and O–H groups in total. The number of para-hydroxylation sites is 1. The summed E-state index contributed by atoms with van der Waals surface area (Å²) in [4.78, 5) is 14.7. The van der Waals surface area contributed by atoms with Gasteiger partial charge in [0.25, 0.3) is 0 Å². The monoisotopic (exact) mass is 343 g/mol. The Morgan fingerprint density at radius 2 is 1.75 bits per heavy atom. The van der Waals surface area contributed by atoms with Crippen LogP contribution < -0.4 is 4.90 Å². The maximum absolute atomic E-state index is 12.6. The van der Waals surface area contributed by atoms with Gasteiger partial charge in [0.15, 0.2) is 9.84 Å². The number of sulfone groups is 1. The topological polar surface area (TPSA) is 54.5 Å². The van der Waals surface area contributed by atoms with Crippen LogP contribution in [-0.2, 0) is 27.5 Å². The van der Waals surface area contributed by atoms with Gasteiger partial charge in [-0.25, -0.2) is 8.42 Å². The van der Waals surface area contributed by atoms with E-state index in [9.17, 15) is 13.2 Å². The van der Waals surface area contributed by atoms with Crippen molar-refractivity contribution in [1.29, 1.82) is 0 Å². The zero-order valence-electron chi connectivity index (χ0n) is 13.9. The van der Waals surface area contributed by atoms with Gasteiger partial charge < -0.3 is 4.90 Å². The Balaban J connectivity index is 1.75.